The number of hydrogen-bond acceptors (Lipinski definition) is 3. The second-order valence-electron chi connectivity index (χ2n) is 5.18. The zero-order valence-corrected chi connectivity index (χ0v) is 12.6. The summed E-state index contributed by atoms with van der Waals surface area (Å²) in [6.45, 7) is 8.69. The Labute approximate surface area is 119 Å². The van der Waals surface area contributed by atoms with Gasteiger partial charge >= 0.3 is 5.97 Å². The first kappa shape index (κ1) is 16.2. The van der Waals surface area contributed by atoms with E-state index in [1.54, 1.807) is 6.92 Å². The smallest absolute Gasteiger partial charge is 0.303 e. The average molecular weight is 281 g/mol. The minimum absolute atomic E-state index is 0.0489. The maximum absolute atomic E-state index is 12.2. The van der Waals surface area contributed by atoms with Crippen LogP contribution in [0.15, 0.2) is 0 Å². The third kappa shape index (κ3) is 4.08. The van der Waals surface area contributed by atoms with Crippen molar-refractivity contribution in [2.24, 2.45) is 5.92 Å². The SMILES string of the molecule is CCCn1nc(C)c(C(=O)NCC(C)CC(=O)O)c1C. The lowest BCUT2D eigenvalue weighted by molar-refractivity contribution is -0.137. The van der Waals surface area contributed by atoms with Gasteiger partial charge in [0.25, 0.3) is 5.91 Å². The molecule has 0 aliphatic carbocycles. The van der Waals surface area contributed by atoms with Crippen molar-refractivity contribution in [2.45, 2.75) is 47.1 Å². The highest BCUT2D eigenvalue weighted by atomic mass is 16.4. The molecular formula is C14H23N3O3. The van der Waals surface area contributed by atoms with Crippen molar-refractivity contribution in [1.82, 2.24) is 15.1 Å². The predicted molar refractivity (Wildman–Crippen MR) is 75.7 cm³/mol. The fourth-order valence-corrected chi connectivity index (χ4v) is 2.18. The molecule has 1 aromatic rings. The summed E-state index contributed by atoms with van der Waals surface area (Å²) in [7, 11) is 0. The van der Waals surface area contributed by atoms with Crippen LogP contribution < -0.4 is 5.32 Å². The Morgan fingerprint density at radius 2 is 2.05 bits per heavy atom. The van der Waals surface area contributed by atoms with Gasteiger partial charge in [0.1, 0.15) is 0 Å². The molecule has 1 heterocycles. The lowest BCUT2D eigenvalue weighted by Crippen LogP contribution is -2.30. The Balaban J connectivity index is 2.70. The third-order valence-electron chi connectivity index (χ3n) is 3.18. The molecule has 0 bridgehead atoms. The zero-order chi connectivity index (χ0) is 15.3. The van der Waals surface area contributed by atoms with Crippen molar-refractivity contribution in [1.29, 1.82) is 0 Å². The molecule has 1 aromatic heterocycles. The summed E-state index contributed by atoms with van der Waals surface area (Å²) in [5.41, 5.74) is 2.16. The van der Waals surface area contributed by atoms with Gasteiger partial charge in [0.2, 0.25) is 0 Å². The molecule has 1 unspecified atom stereocenters. The van der Waals surface area contributed by atoms with E-state index >= 15 is 0 Å². The Kier molecular flexibility index (Phi) is 5.73. The largest absolute Gasteiger partial charge is 0.481 e. The maximum atomic E-state index is 12.2. The van der Waals surface area contributed by atoms with Gasteiger partial charge in [0.15, 0.2) is 0 Å². The highest BCUT2D eigenvalue weighted by Gasteiger charge is 2.19. The third-order valence-corrected chi connectivity index (χ3v) is 3.18. The maximum Gasteiger partial charge on any atom is 0.303 e. The van der Waals surface area contributed by atoms with Crippen molar-refractivity contribution < 1.29 is 14.7 Å². The van der Waals surface area contributed by atoms with Gasteiger partial charge in [-0.3, -0.25) is 14.3 Å². The first-order chi connectivity index (χ1) is 9.36. The van der Waals surface area contributed by atoms with Crippen LogP contribution in [0.5, 0.6) is 0 Å². The van der Waals surface area contributed by atoms with Gasteiger partial charge in [0, 0.05) is 25.2 Å². The number of hydrogen-bond donors (Lipinski definition) is 2. The van der Waals surface area contributed by atoms with E-state index < -0.39 is 5.97 Å². The highest BCUT2D eigenvalue weighted by molar-refractivity contribution is 5.96. The molecule has 0 fully saturated rings. The molecule has 0 aliphatic rings. The van der Waals surface area contributed by atoms with Crippen molar-refractivity contribution >= 4 is 11.9 Å². The van der Waals surface area contributed by atoms with Crippen LogP contribution in [0.25, 0.3) is 0 Å². The van der Waals surface area contributed by atoms with E-state index in [0.717, 1.165) is 18.7 Å². The molecule has 1 amide bonds. The summed E-state index contributed by atoms with van der Waals surface area (Å²) in [6, 6.07) is 0. The van der Waals surface area contributed by atoms with Crippen molar-refractivity contribution in [3.63, 3.8) is 0 Å². The molecule has 6 heteroatoms. The first-order valence-corrected chi connectivity index (χ1v) is 6.90. The van der Waals surface area contributed by atoms with Crippen LogP contribution in [0, 0.1) is 19.8 Å². The number of rotatable bonds is 7. The van der Waals surface area contributed by atoms with Crippen LogP contribution in [-0.2, 0) is 11.3 Å². The van der Waals surface area contributed by atoms with E-state index in [4.69, 9.17) is 5.11 Å². The summed E-state index contributed by atoms with van der Waals surface area (Å²) in [6.07, 6.45) is 1.01. The zero-order valence-electron chi connectivity index (χ0n) is 12.6. The summed E-state index contributed by atoms with van der Waals surface area (Å²) in [5, 5.41) is 15.8. The molecule has 0 saturated heterocycles. The Morgan fingerprint density at radius 3 is 2.60 bits per heavy atom. The van der Waals surface area contributed by atoms with Gasteiger partial charge in [-0.1, -0.05) is 13.8 Å². The average Bonchev–Trinajstić information content (AvgIpc) is 2.61. The van der Waals surface area contributed by atoms with Crippen molar-refractivity contribution in [2.75, 3.05) is 6.54 Å². The highest BCUT2D eigenvalue weighted by Crippen LogP contribution is 2.13. The second-order valence-corrected chi connectivity index (χ2v) is 5.18. The molecule has 1 rings (SSSR count). The summed E-state index contributed by atoms with van der Waals surface area (Å²) >= 11 is 0. The molecule has 0 spiro atoms. The molecule has 20 heavy (non-hydrogen) atoms. The minimum atomic E-state index is -0.852. The van der Waals surface area contributed by atoms with Crippen LogP contribution in [0.3, 0.4) is 0 Å². The lowest BCUT2D eigenvalue weighted by Gasteiger charge is -2.10. The number of aromatic nitrogens is 2. The number of carbonyl (C=O) groups excluding carboxylic acids is 1. The molecule has 0 aromatic carbocycles. The first-order valence-electron chi connectivity index (χ1n) is 6.90. The Hall–Kier alpha value is -1.85. The van der Waals surface area contributed by atoms with Crippen molar-refractivity contribution in [3.8, 4) is 0 Å². The van der Waals surface area contributed by atoms with Gasteiger partial charge in [-0.05, 0) is 26.2 Å². The van der Waals surface area contributed by atoms with Gasteiger partial charge < -0.3 is 10.4 Å². The fraction of sp³-hybridized carbons (Fsp3) is 0.643. The fourth-order valence-electron chi connectivity index (χ4n) is 2.18. The van der Waals surface area contributed by atoms with Gasteiger partial charge in [-0.2, -0.15) is 5.10 Å². The van der Waals surface area contributed by atoms with E-state index in [9.17, 15) is 9.59 Å². The molecule has 112 valence electrons. The summed E-state index contributed by atoms with van der Waals surface area (Å²) < 4.78 is 1.84. The van der Waals surface area contributed by atoms with E-state index in [1.807, 2.05) is 18.5 Å². The molecule has 2 N–H and O–H groups in total. The number of aliphatic carboxylic acids is 1. The lowest BCUT2D eigenvalue weighted by atomic mass is 10.1. The van der Waals surface area contributed by atoms with Crippen LogP contribution >= 0.6 is 0 Å². The minimum Gasteiger partial charge on any atom is -0.481 e. The Morgan fingerprint density at radius 1 is 1.40 bits per heavy atom. The number of aryl methyl sites for hydroxylation is 2. The molecule has 1 atom stereocenters. The van der Waals surface area contributed by atoms with Crippen molar-refractivity contribution in [3.05, 3.63) is 17.0 Å². The quantitative estimate of drug-likeness (QED) is 0.797. The van der Waals surface area contributed by atoms with Crippen LogP contribution in [0.4, 0.5) is 0 Å². The van der Waals surface area contributed by atoms with E-state index in [1.165, 1.54) is 0 Å². The summed E-state index contributed by atoms with van der Waals surface area (Å²) in [4.78, 5) is 22.8. The number of nitrogens with zero attached hydrogens (tertiary/aromatic N) is 2. The number of carboxylic acids is 1. The number of nitrogens with one attached hydrogen (secondary N) is 1. The van der Waals surface area contributed by atoms with E-state index in [-0.39, 0.29) is 18.2 Å². The summed E-state index contributed by atoms with van der Waals surface area (Å²) in [5.74, 6) is -1.13. The molecule has 0 radical (unpaired) electrons. The number of amides is 1. The standard InChI is InChI=1S/C14H23N3O3/c1-5-6-17-11(4)13(10(3)16-17)14(20)15-8-9(2)7-12(18)19/h9H,5-8H2,1-4H3,(H,15,20)(H,18,19). The Bertz CT molecular complexity index is 494. The number of carbonyl (C=O) groups is 2. The molecular weight excluding hydrogens is 258 g/mol. The van der Waals surface area contributed by atoms with Gasteiger partial charge in [-0.25, -0.2) is 0 Å². The molecule has 0 saturated carbocycles. The molecule has 6 nitrogen and oxygen atoms in total. The topological polar surface area (TPSA) is 84.2 Å². The van der Waals surface area contributed by atoms with Crippen LogP contribution in [-0.4, -0.2) is 33.3 Å². The van der Waals surface area contributed by atoms with Crippen LogP contribution in [0.1, 0.15) is 48.4 Å². The van der Waals surface area contributed by atoms with E-state index in [0.29, 0.717) is 17.8 Å². The van der Waals surface area contributed by atoms with Crippen LogP contribution in [0.2, 0.25) is 0 Å². The molecule has 0 aliphatic heterocycles. The normalized spacial score (nSPS) is 12.2. The predicted octanol–water partition coefficient (Wildman–Crippen LogP) is 1.75. The second kappa shape index (κ2) is 7.07. The van der Waals surface area contributed by atoms with Gasteiger partial charge in [0.05, 0.1) is 11.3 Å². The van der Waals surface area contributed by atoms with Gasteiger partial charge in [-0.15, -0.1) is 0 Å². The monoisotopic (exact) mass is 281 g/mol. The number of carboxylic acid groups (broad SMARTS) is 1. The van der Waals surface area contributed by atoms with E-state index in [2.05, 4.69) is 17.3 Å².